The maximum Gasteiger partial charge on any atom is 0.460 e. The van der Waals surface area contributed by atoms with E-state index in [0.29, 0.717) is 4.57 Å². The predicted molar refractivity (Wildman–Crippen MR) is 159 cm³/mol. The molecule has 0 atom stereocenters. The quantitative estimate of drug-likeness (QED) is 0.0708. The van der Waals surface area contributed by atoms with E-state index >= 15 is 0 Å². The van der Waals surface area contributed by atoms with Gasteiger partial charge in [0.25, 0.3) is 16.9 Å². The first kappa shape index (κ1) is 34.0. The van der Waals surface area contributed by atoms with Crippen molar-refractivity contribution in [1.82, 2.24) is 4.57 Å². The second-order valence-electron chi connectivity index (χ2n) is 10.3. The number of Topliss-reactive ketones (excluding diaryl/α,β-unsaturated/α-hetero) is 1. The lowest BCUT2D eigenvalue weighted by Gasteiger charge is -2.28. The van der Waals surface area contributed by atoms with E-state index in [-0.39, 0.29) is 39.6 Å². The van der Waals surface area contributed by atoms with Gasteiger partial charge in [0.1, 0.15) is 11.3 Å². The fourth-order valence-corrected chi connectivity index (χ4v) is 4.91. The summed E-state index contributed by atoms with van der Waals surface area (Å²) in [6.07, 6.45) is -6.91. The molecule has 11 nitrogen and oxygen atoms in total. The average molecular weight is 690 g/mol. The lowest BCUT2D eigenvalue weighted by atomic mass is 9.97. The van der Waals surface area contributed by atoms with Crippen molar-refractivity contribution in [3.63, 3.8) is 0 Å². The summed E-state index contributed by atoms with van der Waals surface area (Å²) in [5.41, 5.74) is -4.59. The Morgan fingerprint density at radius 3 is 1.63 bits per heavy atom. The lowest BCUT2D eigenvalue weighted by molar-refractivity contribution is -0.385. The number of benzene rings is 4. The molecule has 0 amide bonds. The summed E-state index contributed by atoms with van der Waals surface area (Å²) in [5, 5.41) is 32.8. The number of nitrogens with zero attached hydrogens (tertiary/aromatic N) is 4. The van der Waals surface area contributed by atoms with E-state index in [0.717, 1.165) is 36.4 Å². The highest BCUT2D eigenvalue weighted by atomic mass is 19.4. The molecule has 0 aliphatic heterocycles. The fourth-order valence-electron chi connectivity index (χ4n) is 4.91. The molecule has 0 radical (unpaired) electrons. The first-order valence-electron chi connectivity index (χ1n) is 13.5. The minimum Gasteiger partial charge on any atom is -0.506 e. The monoisotopic (exact) mass is 690 g/mol. The van der Waals surface area contributed by atoms with Crippen molar-refractivity contribution in [2.75, 3.05) is 4.90 Å². The molecule has 18 heteroatoms. The van der Waals surface area contributed by atoms with Crippen LogP contribution < -0.4 is 10.5 Å². The number of alkyl halides is 7. The van der Waals surface area contributed by atoms with Crippen LogP contribution in [-0.4, -0.2) is 43.3 Å². The predicted octanol–water partition coefficient (Wildman–Crippen LogP) is 8.00. The van der Waals surface area contributed by atoms with Crippen molar-refractivity contribution >= 4 is 45.1 Å². The molecule has 1 aromatic heterocycles. The Bertz CT molecular complexity index is 2120. The molecule has 0 bridgehead atoms. The van der Waals surface area contributed by atoms with Crippen molar-refractivity contribution in [1.29, 1.82) is 0 Å². The highest BCUT2D eigenvalue weighted by molar-refractivity contribution is 6.08. The Morgan fingerprint density at radius 2 is 1.18 bits per heavy atom. The SMILES string of the molecule is O=C(c1c(O)c2ccc(N(c3ccc([N+](=O)[O-])cc3)c3ccc([N+](=O)[O-])cc3)cc2n(-c2ccccc2)c1=O)C(F)(F)C(F)(F)C(F)(F)F. The van der Waals surface area contributed by atoms with Crippen LogP contribution in [-0.2, 0) is 0 Å². The van der Waals surface area contributed by atoms with E-state index in [1.165, 1.54) is 65.6 Å². The van der Waals surface area contributed by atoms with Crippen LogP contribution in [0.3, 0.4) is 0 Å². The van der Waals surface area contributed by atoms with Crippen LogP contribution in [0.5, 0.6) is 5.75 Å². The van der Waals surface area contributed by atoms with Crippen LogP contribution in [0.4, 0.5) is 59.2 Å². The number of carbonyl (C=O) groups is 1. The summed E-state index contributed by atoms with van der Waals surface area (Å²) in [7, 11) is 0. The zero-order chi connectivity index (χ0) is 36.1. The largest absolute Gasteiger partial charge is 0.506 e. The van der Waals surface area contributed by atoms with Gasteiger partial charge in [-0.3, -0.25) is 34.4 Å². The Hall–Kier alpha value is -6.33. The van der Waals surface area contributed by atoms with Crippen molar-refractivity contribution in [2.45, 2.75) is 18.0 Å². The van der Waals surface area contributed by atoms with Gasteiger partial charge in [-0.15, -0.1) is 0 Å². The molecule has 0 unspecified atom stereocenters. The molecular weight excluding hydrogens is 673 g/mol. The summed E-state index contributed by atoms with van der Waals surface area (Å²) in [6.45, 7) is 0. The van der Waals surface area contributed by atoms with Gasteiger partial charge in [-0.1, -0.05) is 18.2 Å². The zero-order valence-corrected chi connectivity index (χ0v) is 24.1. The molecule has 252 valence electrons. The second-order valence-corrected chi connectivity index (χ2v) is 10.3. The van der Waals surface area contributed by atoms with Gasteiger partial charge in [-0.2, -0.15) is 30.7 Å². The van der Waals surface area contributed by atoms with E-state index in [9.17, 15) is 65.7 Å². The van der Waals surface area contributed by atoms with E-state index in [4.69, 9.17) is 0 Å². The number of nitro benzene ring substituents is 2. The van der Waals surface area contributed by atoms with Crippen molar-refractivity contribution in [2.24, 2.45) is 0 Å². The van der Waals surface area contributed by atoms with Gasteiger partial charge < -0.3 is 10.0 Å². The number of hydrogen-bond donors (Lipinski definition) is 1. The number of non-ortho nitro benzene ring substituents is 2. The molecule has 0 fully saturated rings. The molecule has 0 aliphatic rings. The third-order valence-corrected chi connectivity index (χ3v) is 7.30. The molecule has 4 aromatic carbocycles. The van der Waals surface area contributed by atoms with Crippen LogP contribution >= 0.6 is 0 Å². The topological polar surface area (TPSA) is 149 Å². The van der Waals surface area contributed by atoms with Crippen molar-refractivity contribution < 1.29 is 50.5 Å². The van der Waals surface area contributed by atoms with E-state index in [1.54, 1.807) is 0 Å². The lowest BCUT2D eigenvalue weighted by Crippen LogP contribution is -2.57. The van der Waals surface area contributed by atoms with E-state index in [2.05, 4.69) is 0 Å². The molecule has 1 heterocycles. The third-order valence-electron chi connectivity index (χ3n) is 7.30. The molecule has 0 saturated heterocycles. The van der Waals surface area contributed by atoms with Gasteiger partial charge in [-0.05, 0) is 54.6 Å². The maximum absolute atomic E-state index is 14.6. The third kappa shape index (κ3) is 5.76. The maximum atomic E-state index is 14.6. The number of aromatic hydroxyl groups is 1. The van der Waals surface area contributed by atoms with Gasteiger partial charge >= 0.3 is 18.0 Å². The Labute approximate surface area is 268 Å². The Morgan fingerprint density at radius 1 is 0.714 bits per heavy atom. The number of nitro groups is 2. The number of para-hydroxylation sites is 1. The molecule has 0 aliphatic carbocycles. The van der Waals surface area contributed by atoms with Crippen LogP contribution in [0.2, 0.25) is 0 Å². The highest BCUT2D eigenvalue weighted by Crippen LogP contribution is 2.49. The number of carbonyl (C=O) groups excluding carboxylic acids is 1. The molecule has 1 N–H and O–H groups in total. The zero-order valence-electron chi connectivity index (χ0n) is 24.1. The van der Waals surface area contributed by atoms with Crippen molar-refractivity contribution in [3.05, 3.63) is 133 Å². The Kier molecular flexibility index (Phi) is 8.36. The molecule has 5 aromatic rings. The van der Waals surface area contributed by atoms with Gasteiger partial charge in [0.15, 0.2) is 0 Å². The Balaban J connectivity index is 1.81. The van der Waals surface area contributed by atoms with Crippen LogP contribution in [0.25, 0.3) is 16.6 Å². The van der Waals surface area contributed by atoms with Crippen LogP contribution in [0.1, 0.15) is 10.4 Å². The number of anilines is 3. The summed E-state index contributed by atoms with van der Waals surface area (Å²) in [4.78, 5) is 48.9. The minimum atomic E-state index is -6.93. The second kappa shape index (κ2) is 12.0. The van der Waals surface area contributed by atoms with Gasteiger partial charge in [0.05, 0.1) is 15.4 Å². The first-order valence-corrected chi connectivity index (χ1v) is 13.5. The fraction of sp³-hybridized carbons (Fsp3) is 0.0968. The number of aromatic nitrogens is 1. The van der Waals surface area contributed by atoms with Crippen LogP contribution in [0, 0.1) is 20.2 Å². The highest BCUT2D eigenvalue weighted by Gasteiger charge is 2.76. The number of halogens is 7. The number of hydrogen-bond acceptors (Lipinski definition) is 8. The summed E-state index contributed by atoms with van der Waals surface area (Å²) >= 11 is 0. The van der Waals surface area contributed by atoms with E-state index < -0.39 is 55.9 Å². The summed E-state index contributed by atoms with van der Waals surface area (Å²) in [6, 6.07) is 19.6. The first-order chi connectivity index (χ1) is 22.9. The van der Waals surface area contributed by atoms with Crippen LogP contribution in [0.15, 0.2) is 102 Å². The molecular formula is C31H17F7N4O7. The van der Waals surface area contributed by atoms with Crippen molar-refractivity contribution in [3.8, 4) is 11.4 Å². The number of ketones is 1. The van der Waals surface area contributed by atoms with Gasteiger partial charge in [0.2, 0.25) is 5.78 Å². The standard InChI is InChI=1S/C31H17F7N4O7/c32-29(33,30(34,35)31(36,37)38)27(44)25-26(43)23-15-14-22(16-24(23)40(28(25)45)17-4-2-1-3-5-17)39(18-6-10-20(11-7-18)41(46)47)19-8-12-21(13-9-19)42(48)49/h1-16,43H. The van der Waals surface area contributed by atoms with Gasteiger partial charge in [0, 0.05) is 52.4 Å². The summed E-state index contributed by atoms with van der Waals surface area (Å²) < 4.78 is 96.3. The molecule has 0 saturated carbocycles. The molecule has 49 heavy (non-hydrogen) atoms. The number of pyridine rings is 1. The van der Waals surface area contributed by atoms with Gasteiger partial charge in [-0.25, -0.2) is 0 Å². The minimum absolute atomic E-state index is 0.0618. The number of rotatable bonds is 9. The average Bonchev–Trinajstić information content (AvgIpc) is 3.05. The number of fused-ring (bicyclic) bond motifs is 1. The summed E-state index contributed by atoms with van der Waals surface area (Å²) in [5.74, 6) is -18.3. The molecule has 5 rings (SSSR count). The molecule has 0 spiro atoms. The normalized spacial score (nSPS) is 12.1. The van der Waals surface area contributed by atoms with E-state index in [1.807, 2.05) is 0 Å². The smallest absolute Gasteiger partial charge is 0.460 e.